The minimum atomic E-state index is -1.72. The standard InChI is InChI=1S/C15H11ClFNO3/c16-11-3-1-2-10(8-11)14(20)18-15(21)13(19)9-4-6-12(17)7-5-9/h1-8,15,21H,(H,18,20). The molecule has 0 aliphatic heterocycles. The van der Waals surface area contributed by atoms with Gasteiger partial charge in [-0.3, -0.25) is 9.59 Å². The summed E-state index contributed by atoms with van der Waals surface area (Å²) in [5.41, 5.74) is 0.309. The Kier molecular flexibility index (Phi) is 4.67. The zero-order chi connectivity index (χ0) is 15.4. The highest BCUT2D eigenvalue weighted by Crippen LogP contribution is 2.11. The van der Waals surface area contributed by atoms with Crippen molar-refractivity contribution in [3.63, 3.8) is 0 Å². The van der Waals surface area contributed by atoms with Crippen LogP contribution in [0.15, 0.2) is 48.5 Å². The van der Waals surface area contributed by atoms with Gasteiger partial charge < -0.3 is 10.4 Å². The van der Waals surface area contributed by atoms with Crippen LogP contribution in [0, 0.1) is 5.82 Å². The number of halogens is 2. The molecule has 1 unspecified atom stereocenters. The van der Waals surface area contributed by atoms with Crippen LogP contribution in [0.1, 0.15) is 20.7 Å². The first-order valence-corrected chi connectivity index (χ1v) is 6.39. The van der Waals surface area contributed by atoms with Gasteiger partial charge in [-0.2, -0.15) is 0 Å². The Morgan fingerprint density at radius 1 is 1.10 bits per heavy atom. The highest BCUT2D eigenvalue weighted by atomic mass is 35.5. The maximum Gasteiger partial charge on any atom is 0.253 e. The van der Waals surface area contributed by atoms with Crippen molar-refractivity contribution in [1.82, 2.24) is 5.32 Å². The highest BCUT2D eigenvalue weighted by molar-refractivity contribution is 6.31. The number of benzene rings is 2. The number of rotatable bonds is 4. The third kappa shape index (κ3) is 3.87. The second-order valence-corrected chi connectivity index (χ2v) is 4.69. The molecule has 4 nitrogen and oxygen atoms in total. The number of nitrogens with one attached hydrogen (secondary N) is 1. The van der Waals surface area contributed by atoms with E-state index in [1.807, 2.05) is 0 Å². The maximum atomic E-state index is 12.8. The van der Waals surface area contributed by atoms with E-state index in [0.717, 1.165) is 12.1 Å². The fraction of sp³-hybridized carbons (Fsp3) is 0.0667. The quantitative estimate of drug-likeness (QED) is 0.673. The van der Waals surface area contributed by atoms with Crippen LogP contribution in [0.5, 0.6) is 0 Å². The molecule has 21 heavy (non-hydrogen) atoms. The van der Waals surface area contributed by atoms with Gasteiger partial charge in [-0.05, 0) is 42.5 Å². The van der Waals surface area contributed by atoms with E-state index in [1.54, 1.807) is 12.1 Å². The molecular weight excluding hydrogens is 297 g/mol. The van der Waals surface area contributed by atoms with Crippen LogP contribution in [-0.2, 0) is 0 Å². The van der Waals surface area contributed by atoms with E-state index in [-0.39, 0.29) is 11.1 Å². The van der Waals surface area contributed by atoms with Gasteiger partial charge >= 0.3 is 0 Å². The third-order valence-electron chi connectivity index (χ3n) is 2.73. The summed E-state index contributed by atoms with van der Waals surface area (Å²) in [6.07, 6.45) is -1.72. The Morgan fingerprint density at radius 3 is 2.38 bits per heavy atom. The molecule has 2 aromatic carbocycles. The van der Waals surface area contributed by atoms with Crippen LogP contribution in [0.25, 0.3) is 0 Å². The number of aliphatic hydroxyl groups excluding tert-OH is 1. The number of Topliss-reactive ketones (excluding diaryl/α,β-unsaturated/α-hetero) is 1. The van der Waals surface area contributed by atoms with E-state index in [1.165, 1.54) is 24.3 Å². The number of carbonyl (C=O) groups excluding carboxylic acids is 2. The first-order chi connectivity index (χ1) is 9.97. The zero-order valence-corrected chi connectivity index (χ0v) is 11.5. The lowest BCUT2D eigenvalue weighted by molar-refractivity contribution is 0.0607. The molecule has 0 aromatic heterocycles. The van der Waals surface area contributed by atoms with E-state index in [2.05, 4.69) is 5.32 Å². The summed E-state index contributed by atoms with van der Waals surface area (Å²) >= 11 is 5.75. The van der Waals surface area contributed by atoms with Gasteiger partial charge in [0.15, 0.2) is 6.23 Å². The number of hydrogen-bond acceptors (Lipinski definition) is 3. The van der Waals surface area contributed by atoms with Crippen molar-refractivity contribution in [3.05, 3.63) is 70.5 Å². The van der Waals surface area contributed by atoms with Crippen molar-refractivity contribution >= 4 is 23.3 Å². The molecule has 108 valence electrons. The largest absolute Gasteiger partial charge is 0.367 e. The molecule has 0 saturated heterocycles. The van der Waals surface area contributed by atoms with E-state index in [0.29, 0.717) is 5.02 Å². The van der Waals surface area contributed by atoms with Gasteiger partial charge in [0, 0.05) is 16.1 Å². The molecule has 2 N–H and O–H groups in total. The van der Waals surface area contributed by atoms with Crippen LogP contribution in [0.4, 0.5) is 4.39 Å². The topological polar surface area (TPSA) is 66.4 Å². The van der Waals surface area contributed by atoms with E-state index in [4.69, 9.17) is 11.6 Å². The van der Waals surface area contributed by atoms with Crippen molar-refractivity contribution in [2.75, 3.05) is 0 Å². The normalized spacial score (nSPS) is 11.8. The molecule has 0 bridgehead atoms. The molecular formula is C15H11ClFNO3. The smallest absolute Gasteiger partial charge is 0.253 e. The SMILES string of the molecule is O=C(NC(O)C(=O)c1ccc(F)cc1)c1cccc(Cl)c1. The summed E-state index contributed by atoms with van der Waals surface area (Å²) in [6.45, 7) is 0. The third-order valence-corrected chi connectivity index (χ3v) is 2.97. The Hall–Kier alpha value is -2.24. The first-order valence-electron chi connectivity index (χ1n) is 6.01. The molecule has 0 aliphatic carbocycles. The molecule has 0 fully saturated rings. The molecule has 2 rings (SSSR count). The van der Waals surface area contributed by atoms with Crippen molar-refractivity contribution < 1.29 is 19.1 Å². The van der Waals surface area contributed by atoms with Gasteiger partial charge in [0.25, 0.3) is 5.91 Å². The average Bonchev–Trinajstić information content (AvgIpc) is 2.47. The van der Waals surface area contributed by atoms with Crippen LogP contribution in [0.2, 0.25) is 5.02 Å². The highest BCUT2D eigenvalue weighted by Gasteiger charge is 2.20. The molecule has 0 saturated carbocycles. The lowest BCUT2D eigenvalue weighted by Crippen LogP contribution is -2.40. The van der Waals surface area contributed by atoms with E-state index < -0.39 is 23.7 Å². The summed E-state index contributed by atoms with van der Waals surface area (Å²) in [7, 11) is 0. The Labute approximate surface area is 125 Å². The van der Waals surface area contributed by atoms with Crippen LogP contribution < -0.4 is 5.32 Å². The van der Waals surface area contributed by atoms with Gasteiger partial charge in [0.2, 0.25) is 5.78 Å². The summed E-state index contributed by atoms with van der Waals surface area (Å²) in [5, 5.41) is 12.2. The van der Waals surface area contributed by atoms with Gasteiger partial charge in [0.05, 0.1) is 0 Å². The number of ketones is 1. The van der Waals surface area contributed by atoms with Crippen LogP contribution in [0.3, 0.4) is 0 Å². The maximum absolute atomic E-state index is 12.8. The van der Waals surface area contributed by atoms with E-state index in [9.17, 15) is 19.1 Å². The number of hydrogen-bond donors (Lipinski definition) is 2. The van der Waals surface area contributed by atoms with Gasteiger partial charge in [-0.15, -0.1) is 0 Å². The van der Waals surface area contributed by atoms with Crippen molar-refractivity contribution in [2.45, 2.75) is 6.23 Å². The molecule has 0 spiro atoms. The lowest BCUT2D eigenvalue weighted by atomic mass is 10.1. The molecule has 2 aromatic rings. The summed E-state index contributed by atoms with van der Waals surface area (Å²) < 4.78 is 12.8. The molecule has 0 radical (unpaired) electrons. The fourth-order valence-corrected chi connectivity index (χ4v) is 1.87. The summed E-state index contributed by atoms with van der Waals surface area (Å²) in [6, 6.07) is 10.7. The van der Waals surface area contributed by atoms with Gasteiger partial charge in [-0.25, -0.2) is 4.39 Å². The van der Waals surface area contributed by atoms with Crippen LogP contribution in [-0.4, -0.2) is 23.0 Å². The minimum absolute atomic E-state index is 0.0929. The van der Waals surface area contributed by atoms with Crippen molar-refractivity contribution in [2.24, 2.45) is 0 Å². The number of carbonyl (C=O) groups is 2. The van der Waals surface area contributed by atoms with Crippen LogP contribution >= 0.6 is 11.6 Å². The molecule has 0 heterocycles. The van der Waals surface area contributed by atoms with Gasteiger partial charge in [-0.1, -0.05) is 17.7 Å². The predicted molar refractivity (Wildman–Crippen MR) is 75.7 cm³/mol. The second kappa shape index (κ2) is 6.47. The Morgan fingerprint density at radius 2 is 1.76 bits per heavy atom. The molecule has 1 amide bonds. The fourth-order valence-electron chi connectivity index (χ4n) is 1.67. The lowest BCUT2D eigenvalue weighted by Gasteiger charge is -2.12. The monoisotopic (exact) mass is 307 g/mol. The second-order valence-electron chi connectivity index (χ2n) is 4.26. The van der Waals surface area contributed by atoms with Gasteiger partial charge in [0.1, 0.15) is 5.82 Å². The Balaban J connectivity index is 2.07. The molecule has 1 atom stereocenters. The zero-order valence-electron chi connectivity index (χ0n) is 10.7. The van der Waals surface area contributed by atoms with Crippen molar-refractivity contribution in [3.8, 4) is 0 Å². The van der Waals surface area contributed by atoms with E-state index >= 15 is 0 Å². The van der Waals surface area contributed by atoms with Crippen molar-refractivity contribution in [1.29, 1.82) is 0 Å². The molecule has 6 heteroatoms. The summed E-state index contributed by atoms with van der Waals surface area (Å²) in [5.74, 6) is -1.87. The Bertz CT molecular complexity index is 673. The summed E-state index contributed by atoms with van der Waals surface area (Å²) in [4.78, 5) is 23.7. The predicted octanol–water partition coefficient (Wildman–Crippen LogP) is 2.41. The average molecular weight is 308 g/mol. The number of aliphatic hydroxyl groups is 1. The minimum Gasteiger partial charge on any atom is -0.367 e. The first kappa shape index (κ1) is 15.2. The number of amides is 1. The molecule has 0 aliphatic rings.